The molecule has 27 heavy (non-hydrogen) atoms. The highest BCUT2D eigenvalue weighted by Gasteiger charge is 2.14. The van der Waals surface area contributed by atoms with Crippen LogP contribution in [0, 0.1) is 13.8 Å². The molecule has 1 N–H and O–H groups in total. The molecule has 0 aliphatic rings. The Morgan fingerprint density at radius 1 is 1.00 bits per heavy atom. The molecular weight excluding hydrogens is 338 g/mol. The highest BCUT2D eigenvalue weighted by molar-refractivity contribution is 5.84. The number of ether oxygens (including phenoxy) is 2. The van der Waals surface area contributed by atoms with Crippen molar-refractivity contribution in [1.82, 2.24) is 5.32 Å². The molecular formula is C23H25NO3. The number of aryl methyl sites for hydroxylation is 2. The first-order valence-electron chi connectivity index (χ1n) is 9.16. The quantitative estimate of drug-likeness (QED) is 0.632. The van der Waals surface area contributed by atoms with Crippen LogP contribution in [0.4, 0.5) is 0 Å². The van der Waals surface area contributed by atoms with Gasteiger partial charge in [0.2, 0.25) is 0 Å². The largest absolute Gasteiger partial charge is 0.491 e. The Labute approximate surface area is 160 Å². The summed E-state index contributed by atoms with van der Waals surface area (Å²) < 4.78 is 11.5. The normalized spacial score (nSPS) is 11.8. The maximum atomic E-state index is 12.2. The average Bonchev–Trinajstić information content (AvgIpc) is 2.66. The van der Waals surface area contributed by atoms with Crippen molar-refractivity contribution >= 4 is 16.7 Å². The van der Waals surface area contributed by atoms with Crippen molar-refractivity contribution in [3.05, 3.63) is 71.8 Å². The van der Waals surface area contributed by atoms with Gasteiger partial charge < -0.3 is 14.8 Å². The molecule has 4 nitrogen and oxygen atoms in total. The molecule has 140 valence electrons. The fourth-order valence-corrected chi connectivity index (χ4v) is 2.94. The Bertz CT molecular complexity index is 936. The summed E-state index contributed by atoms with van der Waals surface area (Å²) in [5.41, 5.74) is 2.29. The molecule has 0 bridgehead atoms. The fourth-order valence-electron chi connectivity index (χ4n) is 2.94. The van der Waals surface area contributed by atoms with Gasteiger partial charge in [0.1, 0.15) is 18.1 Å². The van der Waals surface area contributed by atoms with Gasteiger partial charge in [0.15, 0.2) is 6.10 Å². The molecule has 3 rings (SSSR count). The van der Waals surface area contributed by atoms with E-state index in [4.69, 9.17) is 9.47 Å². The molecule has 0 aliphatic carbocycles. The molecule has 0 fully saturated rings. The van der Waals surface area contributed by atoms with Crippen molar-refractivity contribution in [3.8, 4) is 11.5 Å². The third kappa shape index (κ3) is 5.00. The van der Waals surface area contributed by atoms with Crippen LogP contribution in [0.1, 0.15) is 18.1 Å². The molecule has 0 saturated carbocycles. The smallest absolute Gasteiger partial charge is 0.260 e. The summed E-state index contributed by atoms with van der Waals surface area (Å²) in [6.45, 7) is 6.65. The van der Waals surface area contributed by atoms with Crippen LogP contribution in [0.3, 0.4) is 0 Å². The van der Waals surface area contributed by atoms with E-state index in [1.54, 1.807) is 6.92 Å². The summed E-state index contributed by atoms with van der Waals surface area (Å²) in [7, 11) is 0. The maximum absolute atomic E-state index is 12.2. The molecule has 0 radical (unpaired) electrons. The zero-order valence-corrected chi connectivity index (χ0v) is 16.0. The van der Waals surface area contributed by atoms with Crippen LogP contribution in [0.5, 0.6) is 11.5 Å². The van der Waals surface area contributed by atoms with Crippen molar-refractivity contribution in [1.29, 1.82) is 0 Å². The molecule has 0 spiro atoms. The third-order valence-corrected chi connectivity index (χ3v) is 4.39. The second kappa shape index (κ2) is 8.58. The molecule has 0 heterocycles. The fraction of sp³-hybridized carbons (Fsp3) is 0.261. The van der Waals surface area contributed by atoms with E-state index in [-0.39, 0.29) is 5.91 Å². The van der Waals surface area contributed by atoms with Crippen LogP contribution in [0.25, 0.3) is 10.8 Å². The van der Waals surface area contributed by atoms with E-state index >= 15 is 0 Å². The number of nitrogens with one attached hydrogen (secondary N) is 1. The summed E-state index contributed by atoms with van der Waals surface area (Å²) in [6, 6.07) is 19.9. The standard InChI is InChI=1S/C23H25NO3/c1-16-8-11-22(17(2)14-16)26-13-12-24-23(25)18(3)27-21-10-9-19-6-4-5-7-20(19)15-21/h4-11,14-15,18H,12-13H2,1-3H3,(H,24,25)/t18-/m0/s1. The highest BCUT2D eigenvalue weighted by Crippen LogP contribution is 2.21. The van der Waals surface area contributed by atoms with E-state index in [1.807, 2.05) is 68.4 Å². The predicted octanol–water partition coefficient (Wildman–Crippen LogP) is 4.42. The SMILES string of the molecule is Cc1ccc(OCCNC(=O)[C@H](C)Oc2ccc3ccccc3c2)c(C)c1. The van der Waals surface area contributed by atoms with E-state index in [9.17, 15) is 4.79 Å². The number of hydrogen-bond acceptors (Lipinski definition) is 3. The van der Waals surface area contributed by atoms with Gasteiger partial charge >= 0.3 is 0 Å². The Morgan fingerprint density at radius 3 is 2.56 bits per heavy atom. The lowest BCUT2D eigenvalue weighted by Gasteiger charge is -2.16. The molecule has 0 unspecified atom stereocenters. The van der Waals surface area contributed by atoms with Gasteiger partial charge in [-0.25, -0.2) is 0 Å². The van der Waals surface area contributed by atoms with Gasteiger partial charge in [-0.3, -0.25) is 4.79 Å². The second-order valence-corrected chi connectivity index (χ2v) is 6.68. The van der Waals surface area contributed by atoms with Gasteiger partial charge in [0.05, 0.1) is 6.54 Å². The summed E-state index contributed by atoms with van der Waals surface area (Å²) in [5, 5.41) is 5.08. The topological polar surface area (TPSA) is 47.6 Å². The zero-order valence-electron chi connectivity index (χ0n) is 16.0. The van der Waals surface area contributed by atoms with E-state index < -0.39 is 6.10 Å². The van der Waals surface area contributed by atoms with Crippen molar-refractivity contribution < 1.29 is 14.3 Å². The van der Waals surface area contributed by atoms with Gasteiger partial charge in [-0.05, 0) is 55.3 Å². The lowest BCUT2D eigenvalue weighted by atomic mass is 10.1. The highest BCUT2D eigenvalue weighted by atomic mass is 16.5. The first-order chi connectivity index (χ1) is 13.0. The van der Waals surface area contributed by atoms with Gasteiger partial charge in [-0.15, -0.1) is 0 Å². The number of hydrogen-bond donors (Lipinski definition) is 1. The summed E-state index contributed by atoms with van der Waals surface area (Å²) in [5.74, 6) is 1.37. The molecule has 3 aromatic rings. The lowest BCUT2D eigenvalue weighted by Crippen LogP contribution is -2.38. The number of carbonyl (C=O) groups excluding carboxylic acids is 1. The van der Waals surface area contributed by atoms with Crippen LogP contribution in [-0.4, -0.2) is 25.2 Å². The van der Waals surface area contributed by atoms with Crippen LogP contribution in [0.15, 0.2) is 60.7 Å². The molecule has 4 heteroatoms. The first-order valence-corrected chi connectivity index (χ1v) is 9.16. The number of fused-ring (bicyclic) bond motifs is 1. The summed E-state index contributed by atoms with van der Waals surface area (Å²) >= 11 is 0. The summed E-state index contributed by atoms with van der Waals surface area (Å²) in [6.07, 6.45) is -0.577. The minimum atomic E-state index is -0.577. The van der Waals surface area contributed by atoms with Crippen molar-refractivity contribution in [2.24, 2.45) is 0 Å². The number of amides is 1. The monoisotopic (exact) mass is 363 g/mol. The van der Waals surface area contributed by atoms with Crippen LogP contribution >= 0.6 is 0 Å². The number of carbonyl (C=O) groups is 1. The number of benzene rings is 3. The molecule has 1 amide bonds. The Balaban J connectivity index is 1.47. The van der Waals surface area contributed by atoms with Gasteiger partial charge in [-0.1, -0.05) is 48.0 Å². The molecule has 3 aromatic carbocycles. The zero-order chi connectivity index (χ0) is 19.2. The average molecular weight is 363 g/mol. The van der Waals surface area contributed by atoms with Gasteiger partial charge in [0, 0.05) is 0 Å². The first kappa shape index (κ1) is 18.8. The number of rotatable bonds is 7. The van der Waals surface area contributed by atoms with Gasteiger partial charge in [0.25, 0.3) is 5.91 Å². The lowest BCUT2D eigenvalue weighted by molar-refractivity contribution is -0.127. The van der Waals surface area contributed by atoms with Crippen molar-refractivity contribution in [2.45, 2.75) is 26.9 Å². The van der Waals surface area contributed by atoms with E-state index in [1.165, 1.54) is 5.56 Å². The minimum Gasteiger partial charge on any atom is -0.491 e. The van der Waals surface area contributed by atoms with Crippen molar-refractivity contribution in [3.63, 3.8) is 0 Å². The summed E-state index contributed by atoms with van der Waals surface area (Å²) in [4.78, 5) is 12.2. The van der Waals surface area contributed by atoms with Crippen LogP contribution in [-0.2, 0) is 4.79 Å². The Kier molecular flexibility index (Phi) is 5.97. The van der Waals surface area contributed by atoms with Crippen molar-refractivity contribution in [2.75, 3.05) is 13.2 Å². The molecule has 0 aromatic heterocycles. The third-order valence-electron chi connectivity index (χ3n) is 4.39. The van der Waals surface area contributed by atoms with Crippen LogP contribution < -0.4 is 14.8 Å². The van der Waals surface area contributed by atoms with E-state index in [0.29, 0.717) is 18.9 Å². The van der Waals surface area contributed by atoms with E-state index in [2.05, 4.69) is 11.4 Å². The van der Waals surface area contributed by atoms with E-state index in [0.717, 1.165) is 22.1 Å². The van der Waals surface area contributed by atoms with Gasteiger partial charge in [-0.2, -0.15) is 0 Å². The molecule has 0 saturated heterocycles. The maximum Gasteiger partial charge on any atom is 0.260 e. The Hall–Kier alpha value is -3.01. The molecule has 1 atom stereocenters. The predicted molar refractivity (Wildman–Crippen MR) is 108 cm³/mol. The molecule has 0 aliphatic heterocycles. The second-order valence-electron chi connectivity index (χ2n) is 6.68. The van der Waals surface area contributed by atoms with Crippen LogP contribution in [0.2, 0.25) is 0 Å². The minimum absolute atomic E-state index is 0.160. The Morgan fingerprint density at radius 2 is 1.78 bits per heavy atom.